The molecule has 0 aromatic carbocycles. The van der Waals surface area contributed by atoms with Gasteiger partial charge in [-0.05, 0) is 30.9 Å². The molecule has 0 spiro atoms. The van der Waals surface area contributed by atoms with Gasteiger partial charge in [-0.25, -0.2) is 0 Å². The Balaban J connectivity index is 1.18. The molecule has 4 rings (SSSR count). The lowest BCUT2D eigenvalue weighted by Gasteiger charge is -2.36. The third-order valence-corrected chi connectivity index (χ3v) is 5.05. The normalized spacial score (nSPS) is 18.4. The predicted octanol–water partition coefficient (Wildman–Crippen LogP) is 1.69. The molecular formula is C19H24N4O4. The van der Waals surface area contributed by atoms with E-state index < -0.39 is 0 Å². The number of nitrogens with zero attached hydrogens (tertiary/aromatic N) is 4. The van der Waals surface area contributed by atoms with Crippen LogP contribution in [0.1, 0.15) is 41.0 Å². The Kier molecular flexibility index (Phi) is 5.74. The molecule has 2 aliphatic heterocycles. The van der Waals surface area contributed by atoms with Crippen LogP contribution in [-0.4, -0.2) is 65.4 Å². The lowest BCUT2D eigenvalue weighted by Crippen LogP contribution is -2.48. The quantitative estimate of drug-likeness (QED) is 0.683. The smallest absolute Gasteiger partial charge is 0.272 e. The SMILES string of the molecule is O=C(c1ccccn1)N1CC(c2nc(CCOCC3CCOCC3)no2)C1. The first-order valence-corrected chi connectivity index (χ1v) is 9.48. The van der Waals surface area contributed by atoms with Gasteiger partial charge in [0, 0.05) is 45.5 Å². The van der Waals surface area contributed by atoms with Crippen LogP contribution < -0.4 is 0 Å². The second kappa shape index (κ2) is 8.58. The Morgan fingerprint density at radius 2 is 2.11 bits per heavy atom. The zero-order valence-corrected chi connectivity index (χ0v) is 15.2. The van der Waals surface area contributed by atoms with Gasteiger partial charge in [-0.15, -0.1) is 0 Å². The van der Waals surface area contributed by atoms with Crippen LogP contribution in [0.4, 0.5) is 0 Å². The van der Waals surface area contributed by atoms with Crippen LogP contribution in [0, 0.1) is 5.92 Å². The maximum absolute atomic E-state index is 12.3. The van der Waals surface area contributed by atoms with Gasteiger partial charge in [0.1, 0.15) is 5.69 Å². The van der Waals surface area contributed by atoms with E-state index in [1.165, 1.54) is 0 Å². The molecule has 2 aromatic heterocycles. The molecule has 144 valence electrons. The minimum atomic E-state index is -0.0619. The Hall–Kier alpha value is -2.32. The van der Waals surface area contributed by atoms with E-state index in [-0.39, 0.29) is 11.8 Å². The van der Waals surface area contributed by atoms with E-state index in [2.05, 4.69) is 15.1 Å². The van der Waals surface area contributed by atoms with Gasteiger partial charge in [-0.2, -0.15) is 4.98 Å². The second-order valence-corrected chi connectivity index (χ2v) is 7.05. The minimum Gasteiger partial charge on any atom is -0.381 e. The summed E-state index contributed by atoms with van der Waals surface area (Å²) in [6.07, 6.45) is 4.40. The van der Waals surface area contributed by atoms with Crippen molar-refractivity contribution < 1.29 is 18.8 Å². The molecule has 2 aromatic rings. The van der Waals surface area contributed by atoms with Gasteiger partial charge >= 0.3 is 0 Å². The zero-order chi connectivity index (χ0) is 18.5. The molecule has 27 heavy (non-hydrogen) atoms. The Labute approximate surface area is 157 Å². The van der Waals surface area contributed by atoms with Gasteiger partial charge in [0.2, 0.25) is 5.89 Å². The molecule has 8 nitrogen and oxygen atoms in total. The molecule has 8 heteroatoms. The van der Waals surface area contributed by atoms with Crippen molar-refractivity contribution in [1.29, 1.82) is 0 Å². The largest absolute Gasteiger partial charge is 0.381 e. The monoisotopic (exact) mass is 372 g/mol. The summed E-state index contributed by atoms with van der Waals surface area (Å²) in [6.45, 7) is 4.19. The van der Waals surface area contributed by atoms with Gasteiger partial charge in [0.05, 0.1) is 12.5 Å². The fourth-order valence-corrected chi connectivity index (χ4v) is 3.31. The van der Waals surface area contributed by atoms with Gasteiger partial charge in [0.15, 0.2) is 5.82 Å². The lowest BCUT2D eigenvalue weighted by molar-refractivity contribution is 0.0211. The number of likely N-dealkylation sites (tertiary alicyclic amines) is 1. The topological polar surface area (TPSA) is 90.6 Å². The highest BCUT2D eigenvalue weighted by atomic mass is 16.5. The van der Waals surface area contributed by atoms with E-state index in [9.17, 15) is 4.79 Å². The van der Waals surface area contributed by atoms with E-state index in [0.29, 0.717) is 49.4 Å². The van der Waals surface area contributed by atoms with Crippen molar-refractivity contribution in [2.24, 2.45) is 5.92 Å². The van der Waals surface area contributed by atoms with Crippen molar-refractivity contribution in [2.75, 3.05) is 39.5 Å². The summed E-state index contributed by atoms with van der Waals surface area (Å²) in [7, 11) is 0. The number of ether oxygens (including phenoxy) is 2. The standard InChI is InChI=1S/C19H24N4O4/c24-19(16-3-1-2-7-20-16)23-11-15(12-23)18-21-17(22-27-18)6-10-26-13-14-4-8-25-9-5-14/h1-3,7,14-15H,4-6,8-13H2. The van der Waals surface area contributed by atoms with Crippen molar-refractivity contribution >= 4 is 5.91 Å². The molecule has 4 heterocycles. The van der Waals surface area contributed by atoms with Gasteiger partial charge in [0.25, 0.3) is 5.91 Å². The van der Waals surface area contributed by atoms with Crippen LogP contribution in [-0.2, 0) is 15.9 Å². The maximum Gasteiger partial charge on any atom is 0.272 e. The molecule has 0 radical (unpaired) electrons. The summed E-state index contributed by atoms with van der Waals surface area (Å²) < 4.78 is 16.5. The summed E-state index contributed by atoms with van der Waals surface area (Å²) in [6, 6.07) is 5.33. The van der Waals surface area contributed by atoms with E-state index >= 15 is 0 Å². The number of carbonyl (C=O) groups is 1. The number of aromatic nitrogens is 3. The number of pyridine rings is 1. The lowest BCUT2D eigenvalue weighted by atomic mass is 9.99. The zero-order valence-electron chi connectivity index (χ0n) is 15.2. The van der Waals surface area contributed by atoms with Crippen LogP contribution in [0.3, 0.4) is 0 Å². The highest BCUT2D eigenvalue weighted by molar-refractivity contribution is 5.92. The van der Waals surface area contributed by atoms with E-state index in [0.717, 1.165) is 32.7 Å². The van der Waals surface area contributed by atoms with Gasteiger partial charge in [-0.1, -0.05) is 11.2 Å². The average Bonchev–Trinajstić information content (AvgIpc) is 3.14. The maximum atomic E-state index is 12.3. The van der Waals surface area contributed by atoms with Crippen LogP contribution in [0.5, 0.6) is 0 Å². The first-order valence-electron chi connectivity index (χ1n) is 9.48. The fraction of sp³-hybridized carbons (Fsp3) is 0.579. The summed E-state index contributed by atoms with van der Waals surface area (Å²) >= 11 is 0. The highest BCUT2D eigenvalue weighted by Gasteiger charge is 2.36. The van der Waals surface area contributed by atoms with Gasteiger partial charge < -0.3 is 18.9 Å². The molecule has 0 saturated carbocycles. The average molecular weight is 372 g/mol. The van der Waals surface area contributed by atoms with Crippen molar-refractivity contribution in [3.05, 3.63) is 41.8 Å². The number of rotatable bonds is 7. The molecule has 2 saturated heterocycles. The van der Waals surface area contributed by atoms with E-state index in [4.69, 9.17) is 14.0 Å². The summed E-state index contributed by atoms with van der Waals surface area (Å²) in [5.74, 6) is 1.89. The molecule has 0 unspecified atom stereocenters. The van der Waals surface area contributed by atoms with E-state index in [1.54, 1.807) is 23.2 Å². The molecular weight excluding hydrogens is 348 g/mol. The Bertz CT molecular complexity index is 739. The first-order chi connectivity index (χ1) is 13.3. The second-order valence-electron chi connectivity index (χ2n) is 7.05. The predicted molar refractivity (Wildman–Crippen MR) is 95.2 cm³/mol. The Morgan fingerprint density at radius 3 is 2.89 bits per heavy atom. The summed E-state index contributed by atoms with van der Waals surface area (Å²) in [4.78, 5) is 22.6. The molecule has 0 aliphatic carbocycles. The van der Waals surface area contributed by atoms with Crippen molar-refractivity contribution in [2.45, 2.75) is 25.2 Å². The summed E-state index contributed by atoms with van der Waals surface area (Å²) in [5, 5.41) is 4.03. The number of amides is 1. The molecule has 0 atom stereocenters. The third-order valence-electron chi connectivity index (χ3n) is 5.05. The highest BCUT2D eigenvalue weighted by Crippen LogP contribution is 2.27. The number of carbonyl (C=O) groups excluding carboxylic acids is 1. The van der Waals surface area contributed by atoms with Crippen molar-refractivity contribution in [3.63, 3.8) is 0 Å². The first kappa shape index (κ1) is 18.1. The third kappa shape index (κ3) is 4.51. The molecule has 0 N–H and O–H groups in total. The molecule has 0 bridgehead atoms. The number of hydrogen-bond acceptors (Lipinski definition) is 7. The van der Waals surface area contributed by atoms with Crippen molar-refractivity contribution in [3.8, 4) is 0 Å². The van der Waals surface area contributed by atoms with Crippen LogP contribution in [0.15, 0.2) is 28.9 Å². The van der Waals surface area contributed by atoms with E-state index in [1.807, 2.05) is 6.07 Å². The van der Waals surface area contributed by atoms with Crippen LogP contribution in [0.2, 0.25) is 0 Å². The van der Waals surface area contributed by atoms with Crippen LogP contribution >= 0.6 is 0 Å². The minimum absolute atomic E-state index is 0.0619. The fourth-order valence-electron chi connectivity index (χ4n) is 3.31. The summed E-state index contributed by atoms with van der Waals surface area (Å²) in [5.41, 5.74) is 0.462. The number of hydrogen-bond donors (Lipinski definition) is 0. The molecule has 2 aliphatic rings. The van der Waals surface area contributed by atoms with Gasteiger partial charge in [-0.3, -0.25) is 9.78 Å². The van der Waals surface area contributed by atoms with Crippen molar-refractivity contribution in [1.82, 2.24) is 20.0 Å². The Morgan fingerprint density at radius 1 is 1.26 bits per heavy atom. The molecule has 2 fully saturated rings. The van der Waals surface area contributed by atoms with Crippen LogP contribution in [0.25, 0.3) is 0 Å². The molecule has 1 amide bonds.